The molecule has 0 amide bonds. The van der Waals surface area contributed by atoms with E-state index in [1.807, 2.05) is 16.9 Å². The van der Waals surface area contributed by atoms with Gasteiger partial charge in [0.1, 0.15) is 5.52 Å². The summed E-state index contributed by atoms with van der Waals surface area (Å²) in [6, 6.07) is 2.16. The molecule has 0 aromatic carbocycles. The van der Waals surface area contributed by atoms with Gasteiger partial charge in [-0.1, -0.05) is 13.8 Å². The van der Waals surface area contributed by atoms with E-state index < -0.39 is 0 Å². The molecule has 0 radical (unpaired) electrons. The van der Waals surface area contributed by atoms with E-state index in [-0.39, 0.29) is 6.61 Å². The molecule has 2 aromatic rings. The summed E-state index contributed by atoms with van der Waals surface area (Å²) in [5.74, 6) is 2.01. The van der Waals surface area contributed by atoms with E-state index in [1.165, 1.54) is 12.8 Å². The Morgan fingerprint density at radius 2 is 2.29 bits per heavy atom. The van der Waals surface area contributed by atoms with Crippen molar-refractivity contribution >= 4 is 11.3 Å². The summed E-state index contributed by atoms with van der Waals surface area (Å²) in [6.07, 6.45) is 7.00. The Balaban J connectivity index is 1.92. The highest BCUT2D eigenvalue weighted by Gasteiger charge is 2.22. The fraction of sp³-hybridized carbons (Fsp3) is 0.625. The minimum absolute atomic E-state index is 0.278. The Morgan fingerprint density at radius 3 is 3.05 bits per heavy atom. The van der Waals surface area contributed by atoms with E-state index in [4.69, 9.17) is 5.11 Å². The Hall–Kier alpha value is -1.62. The van der Waals surface area contributed by atoms with Crippen molar-refractivity contribution in [2.75, 3.05) is 24.6 Å². The summed E-state index contributed by atoms with van der Waals surface area (Å²) in [5.41, 5.74) is 2.19. The van der Waals surface area contributed by atoms with Crippen LogP contribution in [0, 0.1) is 5.92 Å². The van der Waals surface area contributed by atoms with Gasteiger partial charge in [-0.15, -0.1) is 0 Å². The zero-order valence-corrected chi connectivity index (χ0v) is 12.9. The largest absolute Gasteiger partial charge is 0.396 e. The monoisotopic (exact) mass is 288 g/mol. The average Bonchev–Trinajstić information content (AvgIpc) is 2.92. The molecule has 1 N–H and O–H groups in total. The maximum absolute atomic E-state index is 9.16. The summed E-state index contributed by atoms with van der Waals surface area (Å²) in [6.45, 7) is 6.62. The summed E-state index contributed by atoms with van der Waals surface area (Å²) in [7, 11) is 0. The second-order valence-electron chi connectivity index (χ2n) is 6.27. The third kappa shape index (κ3) is 2.88. The predicted octanol–water partition coefficient (Wildman–Crippen LogP) is 2.45. The molecular weight excluding hydrogens is 264 g/mol. The topological polar surface area (TPSA) is 53.7 Å². The molecule has 5 nitrogen and oxygen atoms in total. The molecule has 1 unspecified atom stereocenters. The number of fused-ring (bicyclic) bond motifs is 1. The number of hydrogen-bond acceptors (Lipinski definition) is 4. The van der Waals surface area contributed by atoms with Gasteiger partial charge >= 0.3 is 0 Å². The molecule has 114 valence electrons. The standard InChI is InChI=1S/C16H24N4O/c1-12(2)14-10-15-16(17-6-8-20(15)18-14)19-7-3-4-13(11-19)5-9-21/h6,8,10,12-13,21H,3-5,7,9,11H2,1-2H3. The van der Waals surface area contributed by atoms with Crippen molar-refractivity contribution in [2.45, 2.75) is 39.0 Å². The molecule has 0 bridgehead atoms. The quantitative estimate of drug-likeness (QED) is 0.939. The zero-order chi connectivity index (χ0) is 14.8. The van der Waals surface area contributed by atoms with Gasteiger partial charge in [0.25, 0.3) is 0 Å². The molecule has 2 aromatic heterocycles. The van der Waals surface area contributed by atoms with Crippen molar-refractivity contribution in [1.29, 1.82) is 0 Å². The maximum atomic E-state index is 9.16. The Labute approximate surface area is 125 Å². The number of piperidine rings is 1. The summed E-state index contributed by atoms with van der Waals surface area (Å²) >= 11 is 0. The van der Waals surface area contributed by atoms with Gasteiger partial charge in [-0.2, -0.15) is 5.10 Å². The van der Waals surface area contributed by atoms with Crippen molar-refractivity contribution in [2.24, 2.45) is 5.92 Å². The highest BCUT2D eigenvalue weighted by molar-refractivity contribution is 5.69. The SMILES string of the molecule is CC(C)c1cc2c(N3CCCC(CCO)C3)nccn2n1. The second kappa shape index (κ2) is 6.02. The zero-order valence-electron chi connectivity index (χ0n) is 12.9. The molecule has 1 fully saturated rings. The first-order chi connectivity index (χ1) is 10.2. The average molecular weight is 288 g/mol. The molecule has 1 aliphatic rings. The van der Waals surface area contributed by atoms with E-state index in [1.54, 1.807) is 0 Å². The van der Waals surface area contributed by atoms with Crippen LogP contribution in [0.15, 0.2) is 18.5 Å². The van der Waals surface area contributed by atoms with Gasteiger partial charge in [-0.3, -0.25) is 0 Å². The van der Waals surface area contributed by atoms with Crippen LogP contribution < -0.4 is 4.90 Å². The van der Waals surface area contributed by atoms with Crippen LogP contribution in [0.3, 0.4) is 0 Å². The molecule has 1 saturated heterocycles. The number of nitrogens with zero attached hydrogens (tertiary/aromatic N) is 4. The number of anilines is 1. The summed E-state index contributed by atoms with van der Waals surface area (Å²) in [4.78, 5) is 6.95. The van der Waals surface area contributed by atoms with Gasteiger partial charge in [0.05, 0.1) is 5.69 Å². The normalized spacial score (nSPS) is 19.6. The summed E-state index contributed by atoms with van der Waals surface area (Å²) < 4.78 is 1.94. The molecular formula is C16H24N4O. The predicted molar refractivity (Wildman–Crippen MR) is 83.7 cm³/mol. The summed E-state index contributed by atoms with van der Waals surface area (Å²) in [5, 5.41) is 13.8. The van der Waals surface area contributed by atoms with Crippen molar-refractivity contribution in [3.63, 3.8) is 0 Å². The first-order valence-electron chi connectivity index (χ1n) is 7.89. The Kier molecular flexibility index (Phi) is 4.10. The first-order valence-corrected chi connectivity index (χ1v) is 7.89. The van der Waals surface area contributed by atoms with E-state index in [0.717, 1.165) is 36.5 Å². The molecule has 1 aliphatic heterocycles. The van der Waals surface area contributed by atoms with E-state index in [9.17, 15) is 0 Å². The number of hydrogen-bond donors (Lipinski definition) is 1. The maximum Gasteiger partial charge on any atom is 0.154 e. The van der Waals surface area contributed by atoms with Crippen LogP contribution in [0.1, 0.15) is 44.7 Å². The van der Waals surface area contributed by atoms with Crippen LogP contribution >= 0.6 is 0 Å². The second-order valence-corrected chi connectivity index (χ2v) is 6.27. The lowest BCUT2D eigenvalue weighted by atomic mass is 9.95. The van der Waals surface area contributed by atoms with Crippen LogP contribution in [0.25, 0.3) is 5.52 Å². The molecule has 3 rings (SSSR count). The van der Waals surface area contributed by atoms with Crippen LogP contribution in [-0.2, 0) is 0 Å². The third-order valence-corrected chi connectivity index (χ3v) is 4.34. The lowest BCUT2D eigenvalue weighted by molar-refractivity contribution is 0.244. The number of aliphatic hydroxyl groups excluding tert-OH is 1. The number of rotatable bonds is 4. The molecule has 0 spiro atoms. The molecule has 0 saturated carbocycles. The van der Waals surface area contributed by atoms with Crippen LogP contribution in [0.5, 0.6) is 0 Å². The van der Waals surface area contributed by atoms with Gasteiger partial charge in [0.2, 0.25) is 0 Å². The van der Waals surface area contributed by atoms with Gasteiger partial charge in [0, 0.05) is 32.1 Å². The van der Waals surface area contributed by atoms with E-state index >= 15 is 0 Å². The van der Waals surface area contributed by atoms with Crippen molar-refractivity contribution in [3.05, 3.63) is 24.2 Å². The lowest BCUT2D eigenvalue weighted by Gasteiger charge is -2.33. The number of aliphatic hydroxyl groups is 1. The third-order valence-electron chi connectivity index (χ3n) is 4.34. The van der Waals surface area contributed by atoms with Crippen LogP contribution in [-0.4, -0.2) is 39.4 Å². The van der Waals surface area contributed by atoms with Gasteiger partial charge in [0.15, 0.2) is 5.82 Å². The van der Waals surface area contributed by atoms with E-state index in [0.29, 0.717) is 11.8 Å². The fourth-order valence-corrected chi connectivity index (χ4v) is 3.13. The molecule has 3 heterocycles. The molecule has 1 atom stereocenters. The molecule has 5 heteroatoms. The van der Waals surface area contributed by atoms with Gasteiger partial charge < -0.3 is 10.0 Å². The first kappa shape index (κ1) is 14.3. The van der Waals surface area contributed by atoms with Crippen molar-refractivity contribution in [3.8, 4) is 0 Å². The minimum atomic E-state index is 0.278. The fourth-order valence-electron chi connectivity index (χ4n) is 3.13. The number of aromatic nitrogens is 3. The van der Waals surface area contributed by atoms with Gasteiger partial charge in [-0.25, -0.2) is 9.50 Å². The van der Waals surface area contributed by atoms with Crippen molar-refractivity contribution < 1.29 is 5.11 Å². The highest BCUT2D eigenvalue weighted by Crippen LogP contribution is 2.27. The van der Waals surface area contributed by atoms with E-state index in [2.05, 4.69) is 34.9 Å². The van der Waals surface area contributed by atoms with Gasteiger partial charge in [-0.05, 0) is 37.2 Å². The Bertz CT molecular complexity index is 605. The lowest BCUT2D eigenvalue weighted by Crippen LogP contribution is -2.36. The van der Waals surface area contributed by atoms with Crippen molar-refractivity contribution in [1.82, 2.24) is 14.6 Å². The molecule has 21 heavy (non-hydrogen) atoms. The smallest absolute Gasteiger partial charge is 0.154 e. The molecule has 0 aliphatic carbocycles. The minimum Gasteiger partial charge on any atom is -0.396 e. The van der Waals surface area contributed by atoms with Crippen LogP contribution in [0.4, 0.5) is 5.82 Å². The van der Waals surface area contributed by atoms with Crippen LogP contribution in [0.2, 0.25) is 0 Å². The Morgan fingerprint density at radius 1 is 1.43 bits per heavy atom. The highest BCUT2D eigenvalue weighted by atomic mass is 16.3.